The summed E-state index contributed by atoms with van der Waals surface area (Å²) in [4.78, 5) is 40.7. The lowest BCUT2D eigenvalue weighted by molar-refractivity contribution is -0.145. The molecule has 192 valence electrons. The van der Waals surface area contributed by atoms with E-state index in [4.69, 9.17) is 32.7 Å². The van der Waals surface area contributed by atoms with Crippen LogP contribution in [0.4, 0.5) is 4.79 Å². The second kappa shape index (κ2) is 12.1. The number of rotatable bonds is 7. The molecule has 0 bridgehead atoms. The summed E-state index contributed by atoms with van der Waals surface area (Å²) in [5, 5.41) is 3.49. The van der Waals surface area contributed by atoms with Crippen molar-refractivity contribution in [2.24, 2.45) is 0 Å². The molecule has 0 aliphatic carbocycles. The van der Waals surface area contributed by atoms with Crippen LogP contribution < -0.4 is 5.32 Å². The molecule has 3 aromatic carbocycles. The molecule has 4 rings (SSSR count). The van der Waals surface area contributed by atoms with E-state index in [9.17, 15) is 14.4 Å². The Morgan fingerprint density at radius 3 is 2.27 bits per heavy atom. The number of esters is 1. The number of nitrogens with one attached hydrogen (secondary N) is 1. The van der Waals surface area contributed by atoms with Gasteiger partial charge in [-0.3, -0.25) is 9.69 Å². The Balaban J connectivity index is 1.55. The van der Waals surface area contributed by atoms with Crippen molar-refractivity contribution in [3.05, 3.63) is 105 Å². The maximum absolute atomic E-state index is 13.6. The highest BCUT2D eigenvalue weighted by atomic mass is 35.5. The van der Waals surface area contributed by atoms with Crippen LogP contribution >= 0.6 is 23.2 Å². The molecule has 2 atom stereocenters. The van der Waals surface area contributed by atoms with Crippen LogP contribution in [0.5, 0.6) is 0 Å². The number of carbonyl (C=O) groups excluding carboxylic acids is 3. The standard InChI is InChI=1S/C28H26Cl2N2O5/c1-36-27(34)24(15-21-22(29)12-7-13-23(21)30)31-26(33)25-14-19-10-5-6-11-20(19)16-32(25)28(35)37-17-18-8-3-2-4-9-18/h2-13,24-25H,14-17H2,1H3,(H,31,33)/t24-,25-/m0/s1. The summed E-state index contributed by atoms with van der Waals surface area (Å²) in [6.07, 6.45) is -0.329. The van der Waals surface area contributed by atoms with E-state index >= 15 is 0 Å². The van der Waals surface area contributed by atoms with Crippen LogP contribution in [-0.2, 0) is 45.1 Å². The molecule has 2 amide bonds. The van der Waals surface area contributed by atoms with E-state index in [-0.39, 0.29) is 26.0 Å². The third-order valence-corrected chi connectivity index (χ3v) is 6.97. The quantitative estimate of drug-likeness (QED) is 0.428. The molecule has 0 spiro atoms. The van der Waals surface area contributed by atoms with Gasteiger partial charge in [0.05, 0.1) is 13.7 Å². The Bertz CT molecular complexity index is 1260. The molecule has 0 saturated heterocycles. The number of amides is 2. The number of nitrogens with zero attached hydrogens (tertiary/aromatic N) is 1. The highest BCUT2D eigenvalue weighted by Crippen LogP contribution is 2.27. The van der Waals surface area contributed by atoms with Crippen molar-refractivity contribution in [3.8, 4) is 0 Å². The average molecular weight is 541 g/mol. The van der Waals surface area contributed by atoms with Crippen molar-refractivity contribution in [2.45, 2.75) is 38.1 Å². The molecule has 1 aliphatic rings. The summed E-state index contributed by atoms with van der Waals surface area (Å²) in [6, 6.07) is 19.9. The van der Waals surface area contributed by atoms with Gasteiger partial charge in [0, 0.05) is 22.9 Å². The number of ether oxygens (including phenoxy) is 2. The van der Waals surface area contributed by atoms with E-state index in [1.165, 1.54) is 12.0 Å². The van der Waals surface area contributed by atoms with Crippen molar-refractivity contribution in [1.29, 1.82) is 0 Å². The average Bonchev–Trinajstić information content (AvgIpc) is 2.92. The van der Waals surface area contributed by atoms with Gasteiger partial charge >= 0.3 is 12.1 Å². The van der Waals surface area contributed by atoms with Crippen LogP contribution in [0.2, 0.25) is 10.0 Å². The van der Waals surface area contributed by atoms with E-state index in [0.717, 1.165) is 16.7 Å². The van der Waals surface area contributed by atoms with Crippen LogP contribution in [0.1, 0.15) is 22.3 Å². The van der Waals surface area contributed by atoms with Crippen LogP contribution in [0.15, 0.2) is 72.8 Å². The van der Waals surface area contributed by atoms with Crippen LogP contribution in [0, 0.1) is 0 Å². The molecule has 7 nitrogen and oxygen atoms in total. The van der Waals surface area contributed by atoms with Gasteiger partial charge in [-0.15, -0.1) is 0 Å². The van der Waals surface area contributed by atoms with Crippen molar-refractivity contribution in [3.63, 3.8) is 0 Å². The molecule has 3 aromatic rings. The molecule has 1 heterocycles. The zero-order valence-electron chi connectivity index (χ0n) is 20.2. The molecule has 0 saturated carbocycles. The summed E-state index contributed by atoms with van der Waals surface area (Å²) in [5.41, 5.74) is 3.21. The maximum atomic E-state index is 13.6. The van der Waals surface area contributed by atoms with Gasteiger partial charge in [-0.25, -0.2) is 9.59 Å². The summed E-state index contributed by atoms with van der Waals surface area (Å²) < 4.78 is 10.5. The van der Waals surface area contributed by atoms with Gasteiger partial charge in [0.15, 0.2) is 0 Å². The summed E-state index contributed by atoms with van der Waals surface area (Å²) in [5.74, 6) is -1.16. The minimum absolute atomic E-state index is 0.0265. The molecular weight excluding hydrogens is 515 g/mol. The normalized spacial score (nSPS) is 15.3. The van der Waals surface area contributed by atoms with E-state index < -0.39 is 30.1 Å². The Kier molecular flexibility index (Phi) is 8.69. The number of hydrogen-bond donors (Lipinski definition) is 1. The summed E-state index contributed by atoms with van der Waals surface area (Å²) in [6.45, 7) is 0.267. The van der Waals surface area contributed by atoms with Crippen molar-refractivity contribution in [2.75, 3.05) is 7.11 Å². The van der Waals surface area contributed by atoms with Gasteiger partial charge in [-0.2, -0.15) is 0 Å². The molecule has 9 heteroatoms. The third-order valence-electron chi connectivity index (χ3n) is 6.26. The number of benzene rings is 3. The molecule has 1 N–H and O–H groups in total. The third kappa shape index (κ3) is 6.42. The first-order valence-electron chi connectivity index (χ1n) is 11.7. The number of halogens is 2. The topological polar surface area (TPSA) is 84.9 Å². The molecule has 0 unspecified atom stereocenters. The van der Waals surface area contributed by atoms with E-state index in [0.29, 0.717) is 15.6 Å². The molecule has 37 heavy (non-hydrogen) atoms. The Hall–Kier alpha value is -3.55. The first-order chi connectivity index (χ1) is 17.9. The largest absolute Gasteiger partial charge is 0.467 e. The number of methoxy groups -OCH3 is 1. The first-order valence-corrected chi connectivity index (χ1v) is 12.5. The molecular formula is C28H26Cl2N2O5. The van der Waals surface area contributed by atoms with Gasteiger partial charge < -0.3 is 14.8 Å². The zero-order chi connectivity index (χ0) is 26.4. The second-order valence-electron chi connectivity index (χ2n) is 8.65. The lowest BCUT2D eigenvalue weighted by Gasteiger charge is -2.35. The highest BCUT2D eigenvalue weighted by molar-refractivity contribution is 6.36. The molecule has 0 fully saturated rings. The van der Waals surface area contributed by atoms with Crippen molar-refractivity contribution < 1.29 is 23.9 Å². The zero-order valence-corrected chi connectivity index (χ0v) is 21.7. The first kappa shape index (κ1) is 26.5. The van der Waals surface area contributed by atoms with Gasteiger partial charge in [-0.1, -0.05) is 83.9 Å². The van der Waals surface area contributed by atoms with E-state index in [1.807, 2.05) is 54.6 Å². The fourth-order valence-corrected chi connectivity index (χ4v) is 4.84. The fraction of sp³-hybridized carbons (Fsp3) is 0.250. The molecule has 1 aliphatic heterocycles. The Morgan fingerprint density at radius 1 is 0.946 bits per heavy atom. The monoisotopic (exact) mass is 540 g/mol. The van der Waals surface area contributed by atoms with Gasteiger partial charge in [0.1, 0.15) is 18.7 Å². The number of carbonyl (C=O) groups is 3. The second-order valence-corrected chi connectivity index (χ2v) is 9.46. The van der Waals surface area contributed by atoms with Crippen molar-refractivity contribution >= 4 is 41.2 Å². The Labute approximate surface area is 225 Å². The van der Waals surface area contributed by atoms with Crippen LogP contribution in [0.25, 0.3) is 0 Å². The lowest BCUT2D eigenvalue weighted by atomic mass is 9.93. The van der Waals surface area contributed by atoms with Gasteiger partial charge in [-0.05, 0) is 34.4 Å². The van der Waals surface area contributed by atoms with Crippen molar-refractivity contribution in [1.82, 2.24) is 10.2 Å². The summed E-state index contributed by atoms with van der Waals surface area (Å²) in [7, 11) is 1.24. The highest BCUT2D eigenvalue weighted by Gasteiger charge is 2.37. The SMILES string of the molecule is COC(=O)[C@H](Cc1c(Cl)cccc1Cl)NC(=O)[C@@H]1Cc2ccccc2CN1C(=O)OCc1ccccc1. The van der Waals surface area contributed by atoms with Gasteiger partial charge in [0.25, 0.3) is 0 Å². The predicted octanol–water partition coefficient (Wildman–Crippen LogP) is 4.96. The molecule has 0 radical (unpaired) electrons. The van der Waals surface area contributed by atoms with E-state index in [1.54, 1.807) is 18.2 Å². The van der Waals surface area contributed by atoms with Crippen LogP contribution in [-0.4, -0.2) is 42.1 Å². The predicted molar refractivity (Wildman–Crippen MR) is 140 cm³/mol. The summed E-state index contributed by atoms with van der Waals surface area (Å²) >= 11 is 12.6. The van der Waals surface area contributed by atoms with E-state index in [2.05, 4.69) is 5.32 Å². The van der Waals surface area contributed by atoms with Gasteiger partial charge in [0.2, 0.25) is 5.91 Å². The maximum Gasteiger partial charge on any atom is 0.411 e. The lowest BCUT2D eigenvalue weighted by Crippen LogP contribution is -2.56. The van der Waals surface area contributed by atoms with Crippen LogP contribution in [0.3, 0.4) is 0 Å². The minimum atomic E-state index is -1.06. The fourth-order valence-electron chi connectivity index (χ4n) is 4.29. The smallest absolute Gasteiger partial charge is 0.411 e. The Morgan fingerprint density at radius 2 is 1.59 bits per heavy atom. The number of hydrogen-bond acceptors (Lipinski definition) is 5. The molecule has 0 aromatic heterocycles. The minimum Gasteiger partial charge on any atom is -0.467 e. The number of fused-ring (bicyclic) bond motifs is 1.